The van der Waals surface area contributed by atoms with Crippen molar-refractivity contribution in [1.82, 2.24) is 20.4 Å². The lowest BCUT2D eigenvalue weighted by molar-refractivity contribution is -0.0265. The van der Waals surface area contributed by atoms with Crippen LogP contribution < -0.4 is 10.6 Å². The summed E-state index contributed by atoms with van der Waals surface area (Å²) < 4.78 is 8.02. The SMILES string of the molecule is CN=C(NCc1c(C)nn(C)c1C)NCC1CCCOC1c1ccccc1.I. The van der Waals surface area contributed by atoms with Crippen LogP contribution in [0.25, 0.3) is 0 Å². The number of benzene rings is 1. The molecule has 0 spiro atoms. The highest BCUT2D eigenvalue weighted by atomic mass is 127. The number of nitrogens with one attached hydrogen (secondary N) is 2. The molecule has 154 valence electrons. The molecule has 3 rings (SSSR count). The summed E-state index contributed by atoms with van der Waals surface area (Å²) in [6.45, 7) is 6.53. The first-order valence-corrected chi connectivity index (χ1v) is 9.70. The lowest BCUT2D eigenvalue weighted by Gasteiger charge is -2.32. The third kappa shape index (κ3) is 5.47. The molecule has 1 aromatic carbocycles. The predicted octanol–water partition coefficient (Wildman–Crippen LogP) is 3.49. The van der Waals surface area contributed by atoms with Crippen molar-refractivity contribution in [2.75, 3.05) is 20.2 Å². The Labute approximate surface area is 185 Å². The predicted molar refractivity (Wildman–Crippen MR) is 124 cm³/mol. The van der Waals surface area contributed by atoms with Gasteiger partial charge in [0, 0.05) is 51.0 Å². The van der Waals surface area contributed by atoms with E-state index < -0.39 is 0 Å². The third-order valence-corrected chi connectivity index (χ3v) is 5.42. The number of aromatic nitrogens is 2. The number of aryl methyl sites for hydroxylation is 2. The average molecular weight is 497 g/mol. The number of guanidine groups is 1. The van der Waals surface area contributed by atoms with Crippen LogP contribution in [-0.4, -0.2) is 35.9 Å². The molecule has 1 fully saturated rings. The van der Waals surface area contributed by atoms with Crippen LogP contribution in [0.3, 0.4) is 0 Å². The average Bonchev–Trinajstić information content (AvgIpc) is 2.94. The van der Waals surface area contributed by atoms with Crippen LogP contribution in [0.1, 0.15) is 41.5 Å². The Kier molecular flexibility index (Phi) is 8.75. The first kappa shape index (κ1) is 22.7. The van der Waals surface area contributed by atoms with Gasteiger partial charge in [0.1, 0.15) is 0 Å². The van der Waals surface area contributed by atoms with Crippen molar-refractivity contribution in [2.24, 2.45) is 18.0 Å². The van der Waals surface area contributed by atoms with Crippen LogP contribution in [0.5, 0.6) is 0 Å². The van der Waals surface area contributed by atoms with Crippen LogP contribution in [0, 0.1) is 19.8 Å². The topological polar surface area (TPSA) is 63.5 Å². The highest BCUT2D eigenvalue weighted by Crippen LogP contribution is 2.33. The first-order valence-electron chi connectivity index (χ1n) is 9.70. The van der Waals surface area contributed by atoms with Crippen molar-refractivity contribution >= 4 is 29.9 Å². The zero-order chi connectivity index (χ0) is 19.2. The highest BCUT2D eigenvalue weighted by molar-refractivity contribution is 14.0. The van der Waals surface area contributed by atoms with Crippen molar-refractivity contribution in [3.8, 4) is 0 Å². The van der Waals surface area contributed by atoms with E-state index in [2.05, 4.69) is 51.9 Å². The number of nitrogens with zero attached hydrogens (tertiary/aromatic N) is 3. The highest BCUT2D eigenvalue weighted by Gasteiger charge is 2.27. The van der Waals surface area contributed by atoms with Gasteiger partial charge in [-0.2, -0.15) is 5.10 Å². The smallest absolute Gasteiger partial charge is 0.191 e. The zero-order valence-electron chi connectivity index (χ0n) is 17.2. The molecular weight excluding hydrogens is 465 g/mol. The molecule has 1 aliphatic rings. The van der Waals surface area contributed by atoms with Gasteiger partial charge >= 0.3 is 0 Å². The van der Waals surface area contributed by atoms with Crippen molar-refractivity contribution in [3.63, 3.8) is 0 Å². The molecule has 28 heavy (non-hydrogen) atoms. The molecule has 2 N–H and O–H groups in total. The summed E-state index contributed by atoms with van der Waals surface area (Å²) in [5.74, 6) is 1.25. The fraction of sp³-hybridized carbons (Fsp3) is 0.524. The second-order valence-electron chi connectivity index (χ2n) is 7.18. The second-order valence-corrected chi connectivity index (χ2v) is 7.18. The molecular formula is C21H32IN5O. The summed E-state index contributed by atoms with van der Waals surface area (Å²) in [7, 11) is 3.79. The third-order valence-electron chi connectivity index (χ3n) is 5.42. The fourth-order valence-corrected chi connectivity index (χ4v) is 3.76. The Morgan fingerprint density at radius 1 is 1.25 bits per heavy atom. The summed E-state index contributed by atoms with van der Waals surface area (Å²) >= 11 is 0. The Bertz CT molecular complexity index is 775. The molecule has 2 heterocycles. The monoisotopic (exact) mass is 497 g/mol. The van der Waals surface area contributed by atoms with Gasteiger partial charge in [0.25, 0.3) is 0 Å². The summed E-state index contributed by atoms with van der Waals surface area (Å²) in [5.41, 5.74) is 4.72. The van der Waals surface area contributed by atoms with E-state index in [1.165, 1.54) is 16.8 Å². The number of hydrogen-bond acceptors (Lipinski definition) is 3. The second kappa shape index (κ2) is 10.8. The van der Waals surface area contributed by atoms with E-state index in [1.807, 2.05) is 31.8 Å². The van der Waals surface area contributed by atoms with Gasteiger partial charge in [-0.15, -0.1) is 24.0 Å². The first-order chi connectivity index (χ1) is 13.1. The zero-order valence-corrected chi connectivity index (χ0v) is 19.6. The van der Waals surface area contributed by atoms with Crippen LogP contribution in [0.2, 0.25) is 0 Å². The van der Waals surface area contributed by atoms with Crippen molar-refractivity contribution < 1.29 is 4.74 Å². The minimum atomic E-state index is 0. The van der Waals surface area contributed by atoms with Gasteiger partial charge in [0.05, 0.1) is 11.8 Å². The van der Waals surface area contributed by atoms with Gasteiger partial charge in [-0.3, -0.25) is 9.67 Å². The van der Waals surface area contributed by atoms with E-state index >= 15 is 0 Å². The van der Waals surface area contributed by atoms with Crippen LogP contribution in [0.15, 0.2) is 35.3 Å². The van der Waals surface area contributed by atoms with E-state index in [0.717, 1.165) is 37.6 Å². The molecule has 2 atom stereocenters. The maximum absolute atomic E-state index is 6.09. The number of rotatable bonds is 5. The lowest BCUT2D eigenvalue weighted by Crippen LogP contribution is -2.41. The molecule has 7 heteroatoms. The molecule has 0 radical (unpaired) electrons. The van der Waals surface area contributed by atoms with E-state index in [9.17, 15) is 0 Å². The molecule has 1 aliphatic heterocycles. The molecule has 0 amide bonds. The molecule has 0 aliphatic carbocycles. The quantitative estimate of drug-likeness (QED) is 0.377. The molecule has 1 saturated heterocycles. The summed E-state index contributed by atoms with van der Waals surface area (Å²) in [5, 5.41) is 11.4. The van der Waals surface area contributed by atoms with Gasteiger partial charge in [-0.25, -0.2) is 0 Å². The normalized spacial score (nSPS) is 19.8. The minimum absolute atomic E-state index is 0. The molecule has 2 unspecified atom stereocenters. The largest absolute Gasteiger partial charge is 0.373 e. The maximum atomic E-state index is 6.09. The van der Waals surface area contributed by atoms with Crippen molar-refractivity contribution in [3.05, 3.63) is 52.8 Å². The van der Waals surface area contributed by atoms with Crippen LogP contribution in [-0.2, 0) is 18.3 Å². The summed E-state index contributed by atoms with van der Waals surface area (Å²) in [6, 6.07) is 10.5. The number of halogens is 1. The Balaban J connectivity index is 0.00000280. The van der Waals surface area contributed by atoms with Crippen LogP contribution in [0.4, 0.5) is 0 Å². The molecule has 1 aromatic heterocycles. The maximum Gasteiger partial charge on any atom is 0.191 e. The minimum Gasteiger partial charge on any atom is -0.373 e. The number of aliphatic imine (C=N–C) groups is 1. The Morgan fingerprint density at radius 3 is 2.64 bits per heavy atom. The van der Waals surface area contributed by atoms with Crippen molar-refractivity contribution in [1.29, 1.82) is 0 Å². The molecule has 0 saturated carbocycles. The van der Waals surface area contributed by atoms with Gasteiger partial charge in [-0.05, 0) is 32.3 Å². The lowest BCUT2D eigenvalue weighted by atomic mass is 9.89. The van der Waals surface area contributed by atoms with E-state index in [4.69, 9.17) is 4.74 Å². The summed E-state index contributed by atoms with van der Waals surface area (Å²) in [4.78, 5) is 4.38. The molecule has 2 aromatic rings. The van der Waals surface area contributed by atoms with Gasteiger partial charge in [0.2, 0.25) is 0 Å². The van der Waals surface area contributed by atoms with E-state index in [-0.39, 0.29) is 30.1 Å². The van der Waals surface area contributed by atoms with E-state index in [0.29, 0.717) is 12.5 Å². The van der Waals surface area contributed by atoms with Gasteiger partial charge in [-0.1, -0.05) is 30.3 Å². The molecule has 0 bridgehead atoms. The number of ether oxygens (including phenoxy) is 1. The van der Waals surface area contributed by atoms with Gasteiger partial charge in [0.15, 0.2) is 5.96 Å². The van der Waals surface area contributed by atoms with Crippen LogP contribution >= 0.6 is 24.0 Å². The molecule has 6 nitrogen and oxygen atoms in total. The Hall–Kier alpha value is -1.61. The van der Waals surface area contributed by atoms with E-state index in [1.54, 1.807) is 0 Å². The number of hydrogen-bond donors (Lipinski definition) is 2. The Morgan fingerprint density at radius 2 is 2.00 bits per heavy atom. The van der Waals surface area contributed by atoms with Crippen molar-refractivity contribution in [2.45, 2.75) is 39.3 Å². The summed E-state index contributed by atoms with van der Waals surface area (Å²) in [6.07, 6.45) is 2.41. The fourth-order valence-electron chi connectivity index (χ4n) is 3.76. The van der Waals surface area contributed by atoms with Gasteiger partial charge < -0.3 is 15.4 Å². The standard InChI is InChI=1S/C21H31N5O.HI/c1-15-19(16(2)26(4)25-15)14-24-21(22-3)23-13-18-11-8-12-27-20(18)17-9-6-5-7-10-17;/h5-7,9-10,18,20H,8,11-14H2,1-4H3,(H2,22,23,24);1H.